The van der Waals surface area contributed by atoms with Crippen molar-refractivity contribution < 1.29 is 18.9 Å². The van der Waals surface area contributed by atoms with Gasteiger partial charge < -0.3 is 18.9 Å². The van der Waals surface area contributed by atoms with Crippen LogP contribution < -0.4 is 18.9 Å². The van der Waals surface area contributed by atoms with E-state index in [1.165, 1.54) is 0 Å². The Kier molecular flexibility index (Phi) is 8.04. The SMILES string of the molecule is COc1ccc(-c2nc(-c3ccc(OC)cc3)nc(-c3nc(-c4ccc(OC)cc4)nc(-c4ccc(OC)cc4)n3)n2)cc1. The summed E-state index contributed by atoms with van der Waals surface area (Å²) in [5, 5.41) is 0. The number of nitrogens with zero attached hydrogens (tertiary/aromatic N) is 6. The van der Waals surface area contributed by atoms with Gasteiger partial charge in [-0.25, -0.2) is 29.9 Å². The van der Waals surface area contributed by atoms with Gasteiger partial charge in [0.15, 0.2) is 23.3 Å². The van der Waals surface area contributed by atoms with E-state index in [0.29, 0.717) is 34.9 Å². The van der Waals surface area contributed by atoms with Crippen LogP contribution in [0.1, 0.15) is 0 Å². The predicted octanol–water partition coefficient (Wildman–Crippen LogP) is 6.43. The first-order chi connectivity index (χ1) is 21.6. The maximum atomic E-state index is 5.34. The Labute approximate surface area is 254 Å². The molecule has 0 saturated carbocycles. The van der Waals surface area contributed by atoms with Crippen molar-refractivity contribution in [2.45, 2.75) is 0 Å². The number of hydrogen-bond acceptors (Lipinski definition) is 10. The van der Waals surface area contributed by atoms with Gasteiger partial charge in [0.05, 0.1) is 28.4 Å². The number of methoxy groups -OCH3 is 4. The molecule has 10 nitrogen and oxygen atoms in total. The lowest BCUT2D eigenvalue weighted by atomic mass is 10.1. The minimum atomic E-state index is 0.295. The first kappa shape index (κ1) is 28.2. The monoisotopic (exact) mass is 584 g/mol. The van der Waals surface area contributed by atoms with E-state index in [2.05, 4.69) is 0 Å². The predicted molar refractivity (Wildman–Crippen MR) is 167 cm³/mol. The molecule has 0 aliphatic rings. The number of benzene rings is 4. The van der Waals surface area contributed by atoms with Gasteiger partial charge in [-0.15, -0.1) is 0 Å². The van der Waals surface area contributed by atoms with Crippen LogP contribution in [0.2, 0.25) is 0 Å². The second-order valence-corrected chi connectivity index (χ2v) is 9.53. The molecule has 0 fully saturated rings. The van der Waals surface area contributed by atoms with Crippen molar-refractivity contribution in [3.63, 3.8) is 0 Å². The highest BCUT2D eigenvalue weighted by Gasteiger charge is 2.18. The molecule has 2 aromatic heterocycles. The molecular formula is C34H28N6O4. The van der Waals surface area contributed by atoms with E-state index in [4.69, 9.17) is 48.9 Å². The highest BCUT2D eigenvalue weighted by Crippen LogP contribution is 2.29. The van der Waals surface area contributed by atoms with Crippen LogP contribution in [0.3, 0.4) is 0 Å². The highest BCUT2D eigenvalue weighted by molar-refractivity contribution is 5.68. The minimum Gasteiger partial charge on any atom is -0.497 e. The molecule has 2 heterocycles. The lowest BCUT2D eigenvalue weighted by molar-refractivity contribution is 0.414. The third-order valence-electron chi connectivity index (χ3n) is 6.86. The summed E-state index contributed by atoms with van der Waals surface area (Å²) >= 11 is 0. The van der Waals surface area contributed by atoms with Gasteiger partial charge in [0, 0.05) is 22.3 Å². The van der Waals surface area contributed by atoms with Gasteiger partial charge in [-0.2, -0.15) is 0 Å². The van der Waals surface area contributed by atoms with Crippen molar-refractivity contribution in [3.05, 3.63) is 97.1 Å². The summed E-state index contributed by atoms with van der Waals surface area (Å²) in [7, 11) is 6.50. The molecule has 0 aliphatic carbocycles. The van der Waals surface area contributed by atoms with E-state index in [0.717, 1.165) is 45.3 Å². The van der Waals surface area contributed by atoms with Gasteiger partial charge in [0.2, 0.25) is 11.6 Å². The first-order valence-electron chi connectivity index (χ1n) is 13.7. The molecule has 218 valence electrons. The molecule has 6 rings (SSSR count). The quantitative estimate of drug-likeness (QED) is 0.188. The Morgan fingerprint density at radius 3 is 0.636 bits per heavy atom. The Hall–Kier alpha value is -5.90. The zero-order chi connectivity index (χ0) is 30.5. The summed E-state index contributed by atoms with van der Waals surface area (Å²) in [6.45, 7) is 0. The molecule has 0 radical (unpaired) electrons. The number of aromatic nitrogens is 6. The lowest BCUT2D eigenvalue weighted by Crippen LogP contribution is -2.05. The standard InChI is InChI=1S/C34H28N6O4/c1-41-25-13-5-21(6-14-25)29-35-30(22-7-15-26(42-2)16-8-22)38-33(37-29)34-39-31(23-9-17-27(43-3)18-10-23)36-32(40-34)24-11-19-28(44-4)20-12-24/h5-20H,1-4H3. The van der Waals surface area contributed by atoms with Crippen LogP contribution in [0.4, 0.5) is 0 Å². The van der Waals surface area contributed by atoms with Crippen molar-refractivity contribution in [2.24, 2.45) is 0 Å². The zero-order valence-electron chi connectivity index (χ0n) is 24.6. The molecule has 4 aromatic carbocycles. The molecular weight excluding hydrogens is 556 g/mol. The van der Waals surface area contributed by atoms with Crippen LogP contribution in [0.15, 0.2) is 97.1 Å². The van der Waals surface area contributed by atoms with E-state index in [-0.39, 0.29) is 0 Å². The third-order valence-corrected chi connectivity index (χ3v) is 6.86. The van der Waals surface area contributed by atoms with Gasteiger partial charge in [-0.05, 0) is 97.1 Å². The minimum absolute atomic E-state index is 0.295. The van der Waals surface area contributed by atoms with E-state index < -0.39 is 0 Å². The van der Waals surface area contributed by atoms with Gasteiger partial charge in [-0.1, -0.05) is 0 Å². The van der Waals surface area contributed by atoms with Crippen LogP contribution in [0.5, 0.6) is 23.0 Å². The van der Waals surface area contributed by atoms with Crippen molar-refractivity contribution in [1.29, 1.82) is 0 Å². The largest absolute Gasteiger partial charge is 0.497 e. The molecule has 44 heavy (non-hydrogen) atoms. The smallest absolute Gasteiger partial charge is 0.202 e. The van der Waals surface area contributed by atoms with E-state index in [1.807, 2.05) is 97.1 Å². The van der Waals surface area contributed by atoms with Gasteiger partial charge in [0.1, 0.15) is 23.0 Å². The van der Waals surface area contributed by atoms with Crippen LogP contribution >= 0.6 is 0 Å². The van der Waals surface area contributed by atoms with E-state index >= 15 is 0 Å². The number of hydrogen-bond donors (Lipinski definition) is 0. The molecule has 0 unspecified atom stereocenters. The summed E-state index contributed by atoms with van der Waals surface area (Å²) in [5.74, 6) is 5.33. The van der Waals surface area contributed by atoms with Crippen molar-refractivity contribution in [1.82, 2.24) is 29.9 Å². The van der Waals surface area contributed by atoms with Crippen LogP contribution in [-0.4, -0.2) is 58.3 Å². The molecule has 0 atom stereocenters. The third kappa shape index (κ3) is 6.00. The molecule has 6 aromatic rings. The van der Waals surface area contributed by atoms with E-state index in [1.54, 1.807) is 28.4 Å². The Morgan fingerprint density at radius 1 is 0.273 bits per heavy atom. The Balaban J connectivity index is 1.54. The van der Waals surface area contributed by atoms with Gasteiger partial charge >= 0.3 is 0 Å². The Morgan fingerprint density at radius 2 is 0.455 bits per heavy atom. The topological polar surface area (TPSA) is 114 Å². The summed E-state index contributed by atoms with van der Waals surface area (Å²) in [6, 6.07) is 30.1. The lowest BCUT2D eigenvalue weighted by Gasteiger charge is -2.11. The summed E-state index contributed by atoms with van der Waals surface area (Å²) in [5.41, 5.74) is 3.13. The highest BCUT2D eigenvalue weighted by atomic mass is 16.5. The Bertz CT molecular complexity index is 1610. The fraction of sp³-hybridized carbons (Fsp3) is 0.118. The molecule has 10 heteroatoms. The zero-order valence-corrected chi connectivity index (χ0v) is 24.6. The molecule has 0 amide bonds. The van der Waals surface area contributed by atoms with E-state index in [9.17, 15) is 0 Å². The fourth-order valence-corrected chi connectivity index (χ4v) is 4.43. The fourth-order valence-electron chi connectivity index (χ4n) is 4.43. The first-order valence-corrected chi connectivity index (χ1v) is 13.7. The van der Waals surface area contributed by atoms with Gasteiger partial charge in [0.25, 0.3) is 0 Å². The molecule has 0 saturated heterocycles. The maximum Gasteiger partial charge on any atom is 0.202 e. The maximum absolute atomic E-state index is 5.34. The average Bonchev–Trinajstić information content (AvgIpc) is 3.11. The molecule has 0 spiro atoms. The van der Waals surface area contributed by atoms with Gasteiger partial charge in [-0.3, -0.25) is 0 Å². The average molecular weight is 585 g/mol. The second kappa shape index (κ2) is 12.5. The molecule has 0 N–H and O–H groups in total. The van der Waals surface area contributed by atoms with Crippen LogP contribution in [-0.2, 0) is 0 Å². The summed E-state index contributed by atoms with van der Waals surface area (Å²) < 4.78 is 21.4. The van der Waals surface area contributed by atoms with Crippen molar-refractivity contribution >= 4 is 0 Å². The molecule has 0 aliphatic heterocycles. The van der Waals surface area contributed by atoms with Crippen molar-refractivity contribution in [3.8, 4) is 80.2 Å². The van der Waals surface area contributed by atoms with Crippen LogP contribution in [0.25, 0.3) is 57.2 Å². The van der Waals surface area contributed by atoms with Crippen LogP contribution in [0, 0.1) is 0 Å². The summed E-state index contributed by atoms with van der Waals surface area (Å²) in [6.07, 6.45) is 0. The number of ether oxygens (including phenoxy) is 4. The second-order valence-electron chi connectivity index (χ2n) is 9.53. The molecule has 0 bridgehead atoms. The normalized spacial score (nSPS) is 10.7. The number of rotatable bonds is 9. The summed E-state index contributed by atoms with van der Waals surface area (Å²) in [4.78, 5) is 28.9. The van der Waals surface area contributed by atoms with Crippen molar-refractivity contribution in [2.75, 3.05) is 28.4 Å².